The van der Waals surface area contributed by atoms with Gasteiger partial charge in [-0.1, -0.05) is 13.8 Å². The molecule has 2 N–H and O–H groups in total. The van der Waals surface area contributed by atoms with Crippen LogP contribution in [0.25, 0.3) is 0 Å². The molecule has 0 aliphatic rings. The number of aryl methyl sites for hydroxylation is 1. The summed E-state index contributed by atoms with van der Waals surface area (Å²) in [6.07, 6.45) is 2.35. The predicted molar refractivity (Wildman–Crippen MR) is 73.2 cm³/mol. The van der Waals surface area contributed by atoms with E-state index in [1.165, 1.54) is 16.2 Å². The average Bonchev–Trinajstić information content (AvgIpc) is 2.76. The number of nitrogens with one attached hydrogen (secondary N) is 2. The number of hydrogen-bond donors (Lipinski definition) is 2. The third-order valence-electron chi connectivity index (χ3n) is 2.77. The second-order valence-corrected chi connectivity index (χ2v) is 5.41. The van der Waals surface area contributed by atoms with Crippen molar-refractivity contribution in [2.75, 3.05) is 13.1 Å². The van der Waals surface area contributed by atoms with Gasteiger partial charge in [0.05, 0.1) is 0 Å². The van der Waals surface area contributed by atoms with E-state index in [0.717, 1.165) is 26.1 Å². The van der Waals surface area contributed by atoms with E-state index in [4.69, 9.17) is 0 Å². The lowest BCUT2D eigenvalue weighted by Gasteiger charge is -2.11. The van der Waals surface area contributed by atoms with Crippen LogP contribution in [0.2, 0.25) is 0 Å². The second kappa shape index (κ2) is 7.82. The van der Waals surface area contributed by atoms with Crippen molar-refractivity contribution in [3.05, 3.63) is 21.9 Å². The zero-order valence-electron chi connectivity index (χ0n) is 10.7. The number of thiophene rings is 1. The molecular formula is C13H24N2S. The zero-order chi connectivity index (χ0) is 11.8. The molecule has 1 unspecified atom stereocenters. The average molecular weight is 240 g/mol. The summed E-state index contributed by atoms with van der Waals surface area (Å²) in [5.74, 6) is 0. The summed E-state index contributed by atoms with van der Waals surface area (Å²) in [7, 11) is 0. The third-order valence-corrected chi connectivity index (χ3v) is 4.00. The lowest BCUT2D eigenvalue weighted by molar-refractivity contribution is 0.518. The van der Waals surface area contributed by atoms with Gasteiger partial charge in [0.2, 0.25) is 0 Å². The van der Waals surface area contributed by atoms with Gasteiger partial charge in [0.25, 0.3) is 0 Å². The largest absolute Gasteiger partial charge is 0.313 e. The highest BCUT2D eigenvalue weighted by molar-refractivity contribution is 7.11. The van der Waals surface area contributed by atoms with Gasteiger partial charge in [-0.15, -0.1) is 11.3 Å². The first-order valence-electron chi connectivity index (χ1n) is 6.28. The number of rotatable bonds is 8. The Morgan fingerprint density at radius 3 is 2.56 bits per heavy atom. The topological polar surface area (TPSA) is 24.1 Å². The van der Waals surface area contributed by atoms with Crippen molar-refractivity contribution in [1.29, 1.82) is 0 Å². The Kier molecular flexibility index (Phi) is 6.69. The molecule has 0 amide bonds. The standard InChI is InChI=1S/C13H24N2S/c1-4-11(3)15-9-8-14-10-13-7-6-12(5-2)16-13/h6-7,11,14-15H,4-5,8-10H2,1-3H3. The van der Waals surface area contributed by atoms with Crippen LogP contribution in [0.15, 0.2) is 12.1 Å². The summed E-state index contributed by atoms with van der Waals surface area (Å²) in [6.45, 7) is 9.76. The fourth-order valence-corrected chi connectivity index (χ4v) is 2.40. The minimum atomic E-state index is 0.634. The molecule has 92 valence electrons. The molecule has 0 aromatic carbocycles. The maximum Gasteiger partial charge on any atom is 0.0300 e. The Labute approximate surface area is 103 Å². The van der Waals surface area contributed by atoms with E-state index in [-0.39, 0.29) is 0 Å². The molecule has 0 fully saturated rings. The Balaban J connectivity index is 2.07. The van der Waals surface area contributed by atoms with E-state index < -0.39 is 0 Å². The first-order chi connectivity index (χ1) is 7.76. The summed E-state index contributed by atoms with van der Waals surface area (Å²) in [5, 5.41) is 6.94. The van der Waals surface area contributed by atoms with Crippen molar-refractivity contribution in [2.24, 2.45) is 0 Å². The molecule has 0 aliphatic carbocycles. The predicted octanol–water partition coefficient (Wildman–Crippen LogP) is 2.79. The summed E-state index contributed by atoms with van der Waals surface area (Å²) in [6, 6.07) is 5.10. The van der Waals surface area contributed by atoms with Crippen molar-refractivity contribution in [1.82, 2.24) is 10.6 Å². The Morgan fingerprint density at radius 1 is 1.19 bits per heavy atom. The van der Waals surface area contributed by atoms with Crippen LogP contribution in [0.4, 0.5) is 0 Å². The molecule has 0 aliphatic heterocycles. The van der Waals surface area contributed by atoms with Gasteiger partial charge in [0.1, 0.15) is 0 Å². The van der Waals surface area contributed by atoms with Crippen LogP contribution in [-0.2, 0) is 13.0 Å². The van der Waals surface area contributed by atoms with Gasteiger partial charge in [-0.2, -0.15) is 0 Å². The van der Waals surface area contributed by atoms with Crippen molar-refractivity contribution in [3.63, 3.8) is 0 Å². The Morgan fingerprint density at radius 2 is 1.94 bits per heavy atom. The second-order valence-electron chi connectivity index (χ2n) is 4.16. The summed E-state index contributed by atoms with van der Waals surface area (Å²) < 4.78 is 0. The van der Waals surface area contributed by atoms with E-state index >= 15 is 0 Å². The van der Waals surface area contributed by atoms with Gasteiger partial charge in [-0.3, -0.25) is 0 Å². The van der Waals surface area contributed by atoms with Crippen molar-refractivity contribution in [3.8, 4) is 0 Å². The summed E-state index contributed by atoms with van der Waals surface area (Å²) >= 11 is 1.92. The van der Waals surface area contributed by atoms with Crippen molar-refractivity contribution >= 4 is 11.3 Å². The molecule has 1 aromatic heterocycles. The molecule has 1 atom stereocenters. The Hall–Kier alpha value is -0.380. The molecule has 1 heterocycles. The molecule has 2 nitrogen and oxygen atoms in total. The fraction of sp³-hybridized carbons (Fsp3) is 0.692. The van der Waals surface area contributed by atoms with E-state index in [2.05, 4.69) is 43.5 Å². The van der Waals surface area contributed by atoms with Crippen LogP contribution in [0.1, 0.15) is 36.9 Å². The van der Waals surface area contributed by atoms with Gasteiger partial charge in [-0.05, 0) is 31.9 Å². The lowest BCUT2D eigenvalue weighted by Crippen LogP contribution is -2.32. The monoisotopic (exact) mass is 240 g/mol. The van der Waals surface area contributed by atoms with Gasteiger partial charge < -0.3 is 10.6 Å². The highest BCUT2D eigenvalue weighted by Crippen LogP contribution is 2.16. The third kappa shape index (κ3) is 5.10. The molecule has 0 saturated carbocycles. The first kappa shape index (κ1) is 13.7. The molecule has 16 heavy (non-hydrogen) atoms. The maximum absolute atomic E-state index is 3.48. The first-order valence-corrected chi connectivity index (χ1v) is 7.09. The molecule has 0 bridgehead atoms. The highest BCUT2D eigenvalue weighted by Gasteiger charge is 1.98. The minimum absolute atomic E-state index is 0.634. The lowest BCUT2D eigenvalue weighted by atomic mass is 10.2. The normalized spacial score (nSPS) is 12.9. The van der Waals surface area contributed by atoms with Gasteiger partial charge in [-0.25, -0.2) is 0 Å². The van der Waals surface area contributed by atoms with E-state index in [9.17, 15) is 0 Å². The Bertz CT molecular complexity index is 283. The van der Waals surface area contributed by atoms with Crippen LogP contribution in [-0.4, -0.2) is 19.1 Å². The van der Waals surface area contributed by atoms with Crippen LogP contribution in [0, 0.1) is 0 Å². The SMILES string of the molecule is CCc1ccc(CNCCNC(C)CC)s1. The van der Waals surface area contributed by atoms with E-state index in [0.29, 0.717) is 6.04 Å². The smallest absolute Gasteiger partial charge is 0.0300 e. The highest BCUT2D eigenvalue weighted by atomic mass is 32.1. The zero-order valence-corrected chi connectivity index (χ0v) is 11.5. The van der Waals surface area contributed by atoms with Crippen LogP contribution in [0.5, 0.6) is 0 Å². The van der Waals surface area contributed by atoms with Crippen LogP contribution in [0.3, 0.4) is 0 Å². The van der Waals surface area contributed by atoms with Gasteiger partial charge >= 0.3 is 0 Å². The summed E-state index contributed by atoms with van der Waals surface area (Å²) in [5.41, 5.74) is 0. The quantitative estimate of drug-likeness (QED) is 0.683. The van der Waals surface area contributed by atoms with E-state index in [1.54, 1.807) is 0 Å². The molecule has 0 radical (unpaired) electrons. The fourth-order valence-electron chi connectivity index (χ4n) is 1.47. The van der Waals surface area contributed by atoms with E-state index in [1.807, 2.05) is 11.3 Å². The maximum atomic E-state index is 3.48. The molecule has 0 spiro atoms. The summed E-state index contributed by atoms with van der Waals surface area (Å²) in [4.78, 5) is 2.93. The van der Waals surface area contributed by atoms with Crippen molar-refractivity contribution < 1.29 is 0 Å². The molecule has 1 rings (SSSR count). The van der Waals surface area contributed by atoms with Crippen LogP contribution >= 0.6 is 11.3 Å². The molecule has 1 aromatic rings. The minimum Gasteiger partial charge on any atom is -0.313 e. The van der Waals surface area contributed by atoms with Crippen LogP contribution < -0.4 is 10.6 Å². The molecular weight excluding hydrogens is 216 g/mol. The van der Waals surface area contributed by atoms with Crippen molar-refractivity contribution in [2.45, 2.75) is 46.2 Å². The van der Waals surface area contributed by atoms with Gasteiger partial charge in [0.15, 0.2) is 0 Å². The molecule has 0 saturated heterocycles. The van der Waals surface area contributed by atoms with Gasteiger partial charge in [0, 0.05) is 35.4 Å². The number of hydrogen-bond acceptors (Lipinski definition) is 3. The molecule has 3 heteroatoms.